The molecule has 5 N–H and O–H groups in total. The minimum atomic E-state index is -4.93. The Morgan fingerprint density at radius 2 is 2.12 bits per heavy atom. The summed E-state index contributed by atoms with van der Waals surface area (Å²) in [6.07, 6.45) is -4.93. The lowest BCUT2D eigenvalue weighted by Gasteiger charge is -2.11. The molecule has 0 spiro atoms. The molecule has 0 aliphatic heterocycles. The maximum absolute atomic E-state index is 11.9. The first-order valence-electron chi connectivity index (χ1n) is 4.23. The van der Waals surface area contributed by atoms with Crippen LogP contribution in [0.4, 0.5) is 19.0 Å². The molecule has 1 rings (SSSR count). The zero-order valence-corrected chi connectivity index (χ0v) is 8.28. The second-order valence-corrected chi connectivity index (χ2v) is 2.94. The van der Waals surface area contributed by atoms with Crippen molar-refractivity contribution in [2.45, 2.75) is 12.9 Å². The lowest BCUT2D eigenvalue weighted by atomic mass is 10.1. The topological polar surface area (TPSA) is 111 Å². The number of hydrogen-bond acceptors (Lipinski definition) is 5. The number of aromatic nitrogens is 1. The normalized spacial score (nSPS) is 11.3. The van der Waals surface area contributed by atoms with Crippen LogP contribution >= 0.6 is 0 Å². The van der Waals surface area contributed by atoms with Gasteiger partial charge in [-0.2, -0.15) is 4.98 Å². The molecule has 0 radical (unpaired) electrons. The highest BCUT2D eigenvalue weighted by molar-refractivity contribution is 5.94. The second kappa shape index (κ2) is 4.45. The molecular weight excluding hydrogens is 243 g/mol. The third-order valence-electron chi connectivity index (χ3n) is 1.76. The van der Waals surface area contributed by atoms with Crippen LogP contribution < -0.4 is 16.2 Å². The Morgan fingerprint density at radius 3 is 2.53 bits per heavy atom. The first-order valence-corrected chi connectivity index (χ1v) is 4.23. The van der Waals surface area contributed by atoms with Crippen molar-refractivity contribution < 1.29 is 27.8 Å². The van der Waals surface area contributed by atoms with Gasteiger partial charge in [0, 0.05) is 12.6 Å². The van der Waals surface area contributed by atoms with Crippen LogP contribution in [0.1, 0.15) is 15.9 Å². The predicted molar refractivity (Wildman–Crippen MR) is 50.2 cm³/mol. The van der Waals surface area contributed by atoms with Crippen LogP contribution in [0.25, 0.3) is 0 Å². The highest BCUT2D eigenvalue weighted by Crippen LogP contribution is 2.25. The van der Waals surface area contributed by atoms with Gasteiger partial charge in [0.15, 0.2) is 0 Å². The van der Waals surface area contributed by atoms with Crippen LogP contribution in [-0.2, 0) is 6.54 Å². The van der Waals surface area contributed by atoms with Crippen LogP contribution in [0.15, 0.2) is 6.07 Å². The molecule has 0 aromatic carbocycles. The summed E-state index contributed by atoms with van der Waals surface area (Å²) in [7, 11) is 0. The van der Waals surface area contributed by atoms with E-state index in [2.05, 4.69) is 9.72 Å². The van der Waals surface area contributed by atoms with Gasteiger partial charge < -0.3 is 21.3 Å². The number of rotatable bonds is 3. The Labute approximate surface area is 93.0 Å². The molecule has 17 heavy (non-hydrogen) atoms. The number of nitrogens with two attached hydrogens (primary N) is 2. The fourth-order valence-electron chi connectivity index (χ4n) is 1.17. The van der Waals surface area contributed by atoms with Crippen molar-refractivity contribution in [1.29, 1.82) is 0 Å². The van der Waals surface area contributed by atoms with Crippen LogP contribution in [0.2, 0.25) is 0 Å². The van der Waals surface area contributed by atoms with Crippen molar-refractivity contribution >= 4 is 11.8 Å². The highest BCUT2D eigenvalue weighted by atomic mass is 19.4. The molecule has 0 aliphatic rings. The smallest absolute Gasteiger partial charge is 0.478 e. The summed E-state index contributed by atoms with van der Waals surface area (Å²) in [5.74, 6) is -2.85. The van der Waals surface area contributed by atoms with Gasteiger partial charge >= 0.3 is 12.3 Å². The summed E-state index contributed by atoms with van der Waals surface area (Å²) in [6.45, 7) is -0.303. The first-order chi connectivity index (χ1) is 7.74. The Hall–Kier alpha value is -2.03. The van der Waals surface area contributed by atoms with Crippen molar-refractivity contribution in [2.24, 2.45) is 5.73 Å². The van der Waals surface area contributed by atoms with Gasteiger partial charge in [0.05, 0.1) is 0 Å². The predicted octanol–water partition coefficient (Wildman–Crippen LogP) is 0.719. The van der Waals surface area contributed by atoms with Gasteiger partial charge in [-0.25, -0.2) is 4.79 Å². The van der Waals surface area contributed by atoms with Gasteiger partial charge in [0.25, 0.3) is 0 Å². The zero-order valence-electron chi connectivity index (χ0n) is 8.28. The van der Waals surface area contributed by atoms with E-state index in [4.69, 9.17) is 16.6 Å². The third kappa shape index (κ3) is 3.21. The molecule has 0 saturated carbocycles. The number of hydrogen-bond donors (Lipinski definition) is 3. The molecule has 0 saturated heterocycles. The Balaban J connectivity index is 3.23. The maximum atomic E-state index is 11.9. The monoisotopic (exact) mass is 251 g/mol. The summed E-state index contributed by atoms with van der Waals surface area (Å²) < 4.78 is 39.3. The molecule has 0 aliphatic carbocycles. The highest BCUT2D eigenvalue weighted by Gasteiger charge is 2.32. The van der Waals surface area contributed by atoms with Crippen molar-refractivity contribution in [1.82, 2.24) is 4.98 Å². The van der Waals surface area contributed by atoms with Gasteiger partial charge in [-0.05, 0) is 5.56 Å². The van der Waals surface area contributed by atoms with Crippen molar-refractivity contribution in [3.05, 3.63) is 17.2 Å². The van der Waals surface area contributed by atoms with E-state index >= 15 is 0 Å². The van der Waals surface area contributed by atoms with Crippen LogP contribution in [0, 0.1) is 0 Å². The number of carboxylic acid groups (broad SMARTS) is 1. The molecule has 0 amide bonds. The molecule has 1 aromatic heterocycles. The average molecular weight is 251 g/mol. The lowest BCUT2D eigenvalue weighted by molar-refractivity contribution is -0.276. The number of carboxylic acids is 1. The molecule has 1 aromatic rings. The van der Waals surface area contributed by atoms with Gasteiger partial charge in [-0.3, -0.25) is 0 Å². The minimum absolute atomic E-state index is 0.0933. The van der Waals surface area contributed by atoms with Crippen LogP contribution in [-0.4, -0.2) is 22.4 Å². The average Bonchev–Trinajstić information content (AvgIpc) is 2.12. The number of anilines is 1. The van der Waals surface area contributed by atoms with E-state index in [1.165, 1.54) is 0 Å². The number of ether oxygens (including phenoxy) is 1. The zero-order chi connectivity index (χ0) is 13.2. The second-order valence-electron chi connectivity index (χ2n) is 2.94. The largest absolute Gasteiger partial charge is 0.574 e. The van der Waals surface area contributed by atoms with Gasteiger partial charge in [-0.1, -0.05) is 0 Å². The summed E-state index contributed by atoms with van der Waals surface area (Å²) in [6, 6.07) is 0.785. The number of alkyl halides is 3. The molecule has 6 nitrogen and oxygen atoms in total. The van der Waals surface area contributed by atoms with E-state index in [0.717, 1.165) is 6.07 Å². The molecule has 1 heterocycles. The molecule has 0 bridgehead atoms. The summed E-state index contributed by atoms with van der Waals surface area (Å²) in [5.41, 5.74) is 9.91. The van der Waals surface area contributed by atoms with Gasteiger partial charge in [-0.15, -0.1) is 13.2 Å². The number of halogens is 3. The first kappa shape index (κ1) is 13.0. The van der Waals surface area contributed by atoms with Crippen LogP contribution in [0.5, 0.6) is 5.88 Å². The standard InChI is InChI=1S/C8H8F3N3O3/c9-8(10,11)17-4-1-3(2-12)5(7(15)16)6(13)14-4/h1H,2,12H2,(H2,13,14)(H,15,16). The Kier molecular flexibility index (Phi) is 3.42. The van der Waals surface area contributed by atoms with E-state index in [1.54, 1.807) is 0 Å². The fourth-order valence-corrected chi connectivity index (χ4v) is 1.17. The number of nitrogen functional groups attached to an aromatic ring is 1. The SMILES string of the molecule is NCc1cc(OC(F)(F)F)nc(N)c1C(=O)O. The fraction of sp³-hybridized carbons (Fsp3) is 0.250. The molecule has 0 fully saturated rings. The molecule has 9 heteroatoms. The number of aromatic carboxylic acids is 1. The van der Waals surface area contributed by atoms with Gasteiger partial charge in [0.1, 0.15) is 11.4 Å². The Morgan fingerprint density at radius 1 is 1.53 bits per heavy atom. The van der Waals surface area contributed by atoms with Crippen molar-refractivity contribution in [3.8, 4) is 5.88 Å². The lowest BCUT2D eigenvalue weighted by Crippen LogP contribution is -2.20. The maximum Gasteiger partial charge on any atom is 0.574 e. The number of pyridine rings is 1. The van der Waals surface area contributed by atoms with E-state index in [-0.39, 0.29) is 12.1 Å². The van der Waals surface area contributed by atoms with Crippen LogP contribution in [0.3, 0.4) is 0 Å². The summed E-state index contributed by atoms with van der Waals surface area (Å²) >= 11 is 0. The van der Waals surface area contributed by atoms with Crippen molar-refractivity contribution in [2.75, 3.05) is 5.73 Å². The molecular formula is C8H8F3N3O3. The third-order valence-corrected chi connectivity index (χ3v) is 1.76. The molecule has 0 unspecified atom stereocenters. The van der Waals surface area contributed by atoms with Gasteiger partial charge in [0.2, 0.25) is 5.88 Å². The van der Waals surface area contributed by atoms with E-state index in [9.17, 15) is 18.0 Å². The van der Waals surface area contributed by atoms with E-state index < -0.39 is 29.6 Å². The minimum Gasteiger partial charge on any atom is -0.478 e. The molecule has 94 valence electrons. The quantitative estimate of drug-likeness (QED) is 0.729. The Bertz CT molecular complexity index is 448. The molecule has 0 atom stereocenters. The van der Waals surface area contributed by atoms with Crippen molar-refractivity contribution in [3.63, 3.8) is 0 Å². The number of nitrogens with zero attached hydrogens (tertiary/aromatic N) is 1. The van der Waals surface area contributed by atoms with E-state index in [1.807, 2.05) is 0 Å². The van der Waals surface area contributed by atoms with E-state index in [0.29, 0.717) is 0 Å². The summed E-state index contributed by atoms with van der Waals surface area (Å²) in [5, 5.41) is 8.76. The number of carbonyl (C=O) groups is 1. The summed E-state index contributed by atoms with van der Waals surface area (Å²) in [4.78, 5) is 13.9.